The van der Waals surface area contributed by atoms with Gasteiger partial charge in [0.1, 0.15) is 0 Å². The van der Waals surface area contributed by atoms with Crippen LogP contribution in [0.1, 0.15) is 29.0 Å². The zero-order chi connectivity index (χ0) is 16.8. The number of fused-ring (bicyclic) bond motifs is 5. The van der Waals surface area contributed by atoms with E-state index in [-0.39, 0.29) is 0 Å². The van der Waals surface area contributed by atoms with Crippen LogP contribution in [0.25, 0.3) is 21.5 Å². The summed E-state index contributed by atoms with van der Waals surface area (Å²) >= 11 is 6.60. The van der Waals surface area contributed by atoms with Crippen LogP contribution < -0.4 is 0 Å². The molecule has 1 aliphatic rings. The lowest BCUT2D eigenvalue weighted by atomic mass is 9.78. The molecule has 122 valence electrons. The minimum atomic E-state index is 0.587. The Morgan fingerprint density at radius 2 is 1.60 bits per heavy atom. The van der Waals surface area contributed by atoms with E-state index in [4.69, 9.17) is 11.6 Å². The summed E-state index contributed by atoms with van der Waals surface area (Å²) in [7, 11) is 0. The van der Waals surface area contributed by atoms with Crippen LogP contribution in [0, 0.1) is 0 Å². The predicted octanol–water partition coefficient (Wildman–Crippen LogP) is 6.31. The maximum absolute atomic E-state index is 6.60. The number of hydrogen-bond acceptors (Lipinski definition) is 1. The second-order valence-electron chi connectivity index (χ2n) is 6.92. The molecule has 5 rings (SSSR count). The van der Waals surface area contributed by atoms with E-state index >= 15 is 0 Å². The third-order valence-corrected chi connectivity index (χ3v) is 5.90. The van der Waals surface area contributed by atoms with Crippen molar-refractivity contribution in [2.45, 2.75) is 25.2 Å². The molecule has 2 heteroatoms. The summed E-state index contributed by atoms with van der Waals surface area (Å²) in [5.74, 6) is 0.587. The standard InChI is InChI=1S/C23H18ClN/c24-23-14-22-18-7-5-16(15-9-11-25-12-10-15)13-17(18)6-8-20(22)19-3-1-2-4-21(19)23/h1-4,6,8-12,14,16H,5,7,13H2. The molecule has 0 spiro atoms. The molecule has 0 fully saturated rings. The highest BCUT2D eigenvalue weighted by atomic mass is 35.5. The van der Waals surface area contributed by atoms with Crippen molar-refractivity contribution in [3.05, 3.63) is 88.7 Å². The van der Waals surface area contributed by atoms with Crippen LogP contribution >= 0.6 is 11.6 Å². The summed E-state index contributed by atoms with van der Waals surface area (Å²) in [6, 6.07) is 19.5. The molecular weight excluding hydrogens is 326 g/mol. The van der Waals surface area contributed by atoms with Gasteiger partial charge in [0.15, 0.2) is 0 Å². The molecule has 1 unspecified atom stereocenters. The van der Waals surface area contributed by atoms with E-state index in [1.807, 2.05) is 12.4 Å². The lowest BCUT2D eigenvalue weighted by Gasteiger charge is -2.26. The summed E-state index contributed by atoms with van der Waals surface area (Å²) in [5, 5.41) is 5.90. The fourth-order valence-corrected chi connectivity index (χ4v) is 4.61. The molecule has 4 aromatic rings. The van der Waals surface area contributed by atoms with E-state index in [1.165, 1.54) is 39.3 Å². The van der Waals surface area contributed by atoms with Gasteiger partial charge in [-0.05, 0) is 76.2 Å². The highest BCUT2D eigenvalue weighted by Gasteiger charge is 2.22. The smallest absolute Gasteiger partial charge is 0.0490 e. The minimum absolute atomic E-state index is 0.587. The molecule has 0 N–H and O–H groups in total. The molecule has 25 heavy (non-hydrogen) atoms. The summed E-state index contributed by atoms with van der Waals surface area (Å²) in [6.45, 7) is 0. The van der Waals surface area contributed by atoms with Crippen LogP contribution in [-0.2, 0) is 12.8 Å². The molecular formula is C23H18ClN. The lowest BCUT2D eigenvalue weighted by Crippen LogP contribution is -2.13. The monoisotopic (exact) mass is 343 g/mol. The van der Waals surface area contributed by atoms with Crippen LogP contribution in [0.5, 0.6) is 0 Å². The Morgan fingerprint density at radius 3 is 2.44 bits per heavy atom. The molecule has 1 heterocycles. The van der Waals surface area contributed by atoms with E-state index in [9.17, 15) is 0 Å². The summed E-state index contributed by atoms with van der Waals surface area (Å²) < 4.78 is 0. The third-order valence-electron chi connectivity index (χ3n) is 5.59. The first kappa shape index (κ1) is 14.9. The summed E-state index contributed by atoms with van der Waals surface area (Å²) in [5.41, 5.74) is 4.35. The van der Waals surface area contributed by atoms with Gasteiger partial charge in [0, 0.05) is 22.8 Å². The van der Waals surface area contributed by atoms with Crippen molar-refractivity contribution in [3.8, 4) is 0 Å². The van der Waals surface area contributed by atoms with Crippen molar-refractivity contribution in [2.24, 2.45) is 0 Å². The SMILES string of the molecule is Clc1cc2c3c(ccc2c2ccccc12)CC(c1ccncc1)CC3. The zero-order valence-corrected chi connectivity index (χ0v) is 14.6. The van der Waals surface area contributed by atoms with Gasteiger partial charge in [-0.1, -0.05) is 48.0 Å². The lowest BCUT2D eigenvalue weighted by molar-refractivity contribution is 0.587. The maximum Gasteiger partial charge on any atom is 0.0490 e. The topological polar surface area (TPSA) is 12.9 Å². The van der Waals surface area contributed by atoms with Crippen LogP contribution in [0.4, 0.5) is 0 Å². The Labute approximate surface area is 152 Å². The van der Waals surface area contributed by atoms with Gasteiger partial charge in [-0.15, -0.1) is 0 Å². The van der Waals surface area contributed by atoms with E-state index in [1.54, 1.807) is 0 Å². The maximum atomic E-state index is 6.60. The Balaban J connectivity index is 1.67. The van der Waals surface area contributed by atoms with Gasteiger partial charge in [0.2, 0.25) is 0 Å². The number of nitrogens with zero attached hydrogens (tertiary/aromatic N) is 1. The fourth-order valence-electron chi connectivity index (χ4n) is 4.33. The van der Waals surface area contributed by atoms with Gasteiger partial charge in [0.05, 0.1) is 0 Å². The van der Waals surface area contributed by atoms with Crippen molar-refractivity contribution in [2.75, 3.05) is 0 Å². The summed E-state index contributed by atoms with van der Waals surface area (Å²) in [6.07, 6.45) is 7.18. The highest BCUT2D eigenvalue weighted by molar-refractivity contribution is 6.37. The molecule has 0 saturated heterocycles. The zero-order valence-electron chi connectivity index (χ0n) is 13.9. The van der Waals surface area contributed by atoms with Crippen LogP contribution in [0.3, 0.4) is 0 Å². The number of hydrogen-bond donors (Lipinski definition) is 0. The van der Waals surface area contributed by atoms with Gasteiger partial charge >= 0.3 is 0 Å². The second kappa shape index (κ2) is 5.86. The second-order valence-corrected chi connectivity index (χ2v) is 7.33. The first-order valence-electron chi connectivity index (χ1n) is 8.83. The van der Waals surface area contributed by atoms with E-state index in [2.05, 4.69) is 59.6 Å². The van der Waals surface area contributed by atoms with Gasteiger partial charge in [-0.25, -0.2) is 0 Å². The van der Waals surface area contributed by atoms with Crippen molar-refractivity contribution >= 4 is 33.1 Å². The molecule has 0 radical (unpaired) electrons. The Kier molecular flexibility index (Phi) is 3.50. The normalized spacial score (nSPS) is 16.9. The molecule has 0 aliphatic heterocycles. The molecule has 1 atom stereocenters. The third kappa shape index (κ3) is 2.42. The molecule has 3 aromatic carbocycles. The molecule has 1 aromatic heterocycles. The number of aryl methyl sites for hydroxylation is 1. The fraction of sp³-hybridized carbons (Fsp3) is 0.174. The van der Waals surface area contributed by atoms with Gasteiger partial charge in [-0.2, -0.15) is 0 Å². The van der Waals surface area contributed by atoms with E-state index in [0.717, 1.165) is 23.3 Å². The number of rotatable bonds is 1. The quantitative estimate of drug-likeness (QED) is 0.369. The van der Waals surface area contributed by atoms with Gasteiger partial charge in [-0.3, -0.25) is 4.98 Å². The number of halogens is 1. The van der Waals surface area contributed by atoms with Crippen LogP contribution in [0.15, 0.2) is 67.0 Å². The number of aromatic nitrogens is 1. The molecule has 0 saturated carbocycles. The average molecular weight is 344 g/mol. The molecule has 0 bridgehead atoms. The van der Waals surface area contributed by atoms with Gasteiger partial charge < -0.3 is 0 Å². The first-order valence-corrected chi connectivity index (χ1v) is 9.21. The van der Waals surface area contributed by atoms with Crippen LogP contribution in [-0.4, -0.2) is 4.98 Å². The van der Waals surface area contributed by atoms with Crippen molar-refractivity contribution in [3.63, 3.8) is 0 Å². The molecule has 1 aliphatic carbocycles. The van der Waals surface area contributed by atoms with E-state index in [0.29, 0.717) is 5.92 Å². The van der Waals surface area contributed by atoms with Crippen molar-refractivity contribution in [1.82, 2.24) is 4.98 Å². The number of pyridine rings is 1. The van der Waals surface area contributed by atoms with E-state index < -0.39 is 0 Å². The first-order chi connectivity index (χ1) is 12.3. The Bertz CT molecular complexity index is 1090. The molecule has 0 amide bonds. The molecule has 1 nitrogen and oxygen atoms in total. The Morgan fingerprint density at radius 1 is 0.840 bits per heavy atom. The van der Waals surface area contributed by atoms with Crippen LogP contribution in [0.2, 0.25) is 5.02 Å². The minimum Gasteiger partial charge on any atom is -0.265 e. The van der Waals surface area contributed by atoms with Gasteiger partial charge in [0.25, 0.3) is 0 Å². The average Bonchev–Trinajstić information content (AvgIpc) is 2.68. The van der Waals surface area contributed by atoms with Crippen molar-refractivity contribution in [1.29, 1.82) is 0 Å². The predicted molar refractivity (Wildman–Crippen MR) is 105 cm³/mol. The Hall–Kier alpha value is -2.38. The van der Waals surface area contributed by atoms with Crippen molar-refractivity contribution < 1.29 is 0 Å². The highest BCUT2D eigenvalue weighted by Crippen LogP contribution is 2.39. The number of benzene rings is 3. The largest absolute Gasteiger partial charge is 0.265 e. The summed E-state index contributed by atoms with van der Waals surface area (Å²) in [4.78, 5) is 4.15.